The molecule has 0 aromatic rings. The predicted octanol–water partition coefficient (Wildman–Crippen LogP) is 3.05. The first-order valence-corrected chi connectivity index (χ1v) is 6.57. The molecule has 0 aliphatic heterocycles. The van der Waals surface area contributed by atoms with Crippen LogP contribution < -0.4 is 5.32 Å². The molecule has 0 amide bonds. The van der Waals surface area contributed by atoms with E-state index in [1.807, 2.05) is 0 Å². The topological polar surface area (TPSA) is 12.0 Å². The van der Waals surface area contributed by atoms with Crippen molar-refractivity contribution in [2.24, 2.45) is 0 Å². The molecule has 0 spiro atoms. The van der Waals surface area contributed by atoms with Gasteiger partial charge < -0.3 is 5.32 Å². The van der Waals surface area contributed by atoms with Crippen LogP contribution in [0.5, 0.6) is 0 Å². The Bertz CT molecular complexity index is 134. The lowest BCUT2D eigenvalue weighted by Gasteiger charge is -2.32. The molecule has 2 atom stereocenters. The van der Waals surface area contributed by atoms with Crippen LogP contribution in [0.15, 0.2) is 0 Å². The highest BCUT2D eigenvalue weighted by atomic mass is 32.2. The second-order valence-electron chi connectivity index (χ2n) is 4.17. The molecule has 0 bridgehead atoms. The smallest absolute Gasteiger partial charge is 0.0203 e. The maximum atomic E-state index is 3.62. The number of thioether (sulfide) groups is 1. The van der Waals surface area contributed by atoms with Crippen LogP contribution in [0.4, 0.5) is 0 Å². The van der Waals surface area contributed by atoms with Crippen molar-refractivity contribution in [2.75, 3.05) is 6.54 Å². The molecular weight excluding hydrogens is 178 g/mol. The zero-order chi connectivity index (χ0) is 9.68. The van der Waals surface area contributed by atoms with Crippen molar-refractivity contribution in [3.05, 3.63) is 0 Å². The zero-order valence-electron chi connectivity index (χ0n) is 9.18. The maximum Gasteiger partial charge on any atom is 0.0203 e. The largest absolute Gasteiger partial charge is 0.313 e. The molecule has 1 nitrogen and oxygen atoms in total. The van der Waals surface area contributed by atoms with Gasteiger partial charge in [-0.1, -0.05) is 33.6 Å². The lowest BCUT2D eigenvalue weighted by molar-refractivity contribution is 0.390. The number of rotatable bonds is 4. The van der Waals surface area contributed by atoms with Crippen molar-refractivity contribution in [2.45, 2.75) is 63.0 Å². The fraction of sp³-hybridized carbons (Fsp3) is 1.00. The van der Waals surface area contributed by atoms with Gasteiger partial charge in [-0.3, -0.25) is 0 Å². The van der Waals surface area contributed by atoms with Gasteiger partial charge in [-0.25, -0.2) is 0 Å². The highest BCUT2D eigenvalue weighted by Gasteiger charge is 2.25. The third-order valence-electron chi connectivity index (χ3n) is 2.62. The summed E-state index contributed by atoms with van der Waals surface area (Å²) in [5.41, 5.74) is 0. The minimum absolute atomic E-state index is 0.782. The van der Waals surface area contributed by atoms with Crippen LogP contribution >= 0.6 is 11.8 Å². The third-order valence-corrected chi connectivity index (χ3v) is 4.07. The molecule has 1 fully saturated rings. The molecule has 0 aromatic heterocycles. The number of hydrogen-bond acceptors (Lipinski definition) is 2. The van der Waals surface area contributed by atoms with Crippen molar-refractivity contribution in [1.82, 2.24) is 5.32 Å². The van der Waals surface area contributed by atoms with Gasteiger partial charge in [0.15, 0.2) is 0 Å². The Morgan fingerprint density at radius 1 is 1.31 bits per heavy atom. The molecule has 1 aliphatic rings. The first kappa shape index (κ1) is 11.4. The van der Waals surface area contributed by atoms with Crippen molar-refractivity contribution in [3.63, 3.8) is 0 Å². The van der Waals surface area contributed by atoms with E-state index in [2.05, 4.69) is 37.8 Å². The monoisotopic (exact) mass is 201 g/mol. The van der Waals surface area contributed by atoms with E-state index in [0.29, 0.717) is 0 Å². The van der Waals surface area contributed by atoms with Crippen molar-refractivity contribution in [3.8, 4) is 0 Å². The molecule has 1 saturated carbocycles. The standard InChI is InChI=1S/C11H23NS/c1-4-12-10-7-5-6-8-11(10)13-9(2)3/h9-12H,4-8H2,1-3H3. The average molecular weight is 201 g/mol. The molecule has 13 heavy (non-hydrogen) atoms. The van der Waals surface area contributed by atoms with Crippen molar-refractivity contribution in [1.29, 1.82) is 0 Å². The second kappa shape index (κ2) is 5.92. The Kier molecular flexibility index (Phi) is 5.18. The zero-order valence-corrected chi connectivity index (χ0v) is 9.99. The SMILES string of the molecule is CCNC1CCCCC1SC(C)C. The van der Waals surface area contributed by atoms with E-state index in [1.165, 1.54) is 25.7 Å². The Morgan fingerprint density at radius 3 is 2.62 bits per heavy atom. The predicted molar refractivity (Wildman–Crippen MR) is 62.4 cm³/mol. The minimum atomic E-state index is 0.782. The van der Waals surface area contributed by atoms with Crippen molar-refractivity contribution >= 4 is 11.8 Å². The van der Waals surface area contributed by atoms with E-state index in [-0.39, 0.29) is 0 Å². The van der Waals surface area contributed by atoms with E-state index in [0.717, 1.165) is 23.1 Å². The Hall–Kier alpha value is 0.310. The molecule has 78 valence electrons. The molecule has 2 heteroatoms. The Morgan fingerprint density at radius 2 is 2.00 bits per heavy atom. The Balaban J connectivity index is 2.36. The van der Waals surface area contributed by atoms with Gasteiger partial charge in [0.2, 0.25) is 0 Å². The molecule has 1 rings (SSSR count). The van der Waals surface area contributed by atoms with E-state index in [9.17, 15) is 0 Å². The summed E-state index contributed by atoms with van der Waals surface area (Å²) >= 11 is 2.16. The maximum absolute atomic E-state index is 3.62. The van der Waals surface area contributed by atoms with E-state index >= 15 is 0 Å². The van der Waals surface area contributed by atoms with Crippen molar-refractivity contribution < 1.29 is 0 Å². The lowest BCUT2D eigenvalue weighted by atomic mass is 9.95. The molecular formula is C11H23NS. The van der Waals surface area contributed by atoms with Gasteiger partial charge >= 0.3 is 0 Å². The molecule has 2 unspecified atom stereocenters. The molecule has 0 saturated heterocycles. The summed E-state index contributed by atoms with van der Waals surface area (Å²) in [5.74, 6) is 0. The summed E-state index contributed by atoms with van der Waals surface area (Å²) in [5, 5.41) is 5.27. The summed E-state index contributed by atoms with van der Waals surface area (Å²) < 4.78 is 0. The van der Waals surface area contributed by atoms with Gasteiger partial charge in [0.25, 0.3) is 0 Å². The van der Waals surface area contributed by atoms with E-state index in [4.69, 9.17) is 0 Å². The summed E-state index contributed by atoms with van der Waals surface area (Å²) in [7, 11) is 0. The molecule has 0 aromatic carbocycles. The van der Waals surface area contributed by atoms with Crippen LogP contribution in [0.2, 0.25) is 0 Å². The molecule has 0 heterocycles. The van der Waals surface area contributed by atoms with Gasteiger partial charge in [0.05, 0.1) is 0 Å². The van der Waals surface area contributed by atoms with E-state index in [1.54, 1.807) is 0 Å². The highest BCUT2D eigenvalue weighted by Crippen LogP contribution is 2.31. The van der Waals surface area contributed by atoms with Gasteiger partial charge in [-0.05, 0) is 24.6 Å². The summed E-state index contributed by atoms with van der Waals surface area (Å²) in [6.45, 7) is 7.95. The minimum Gasteiger partial charge on any atom is -0.313 e. The van der Waals surface area contributed by atoms with Gasteiger partial charge in [-0.15, -0.1) is 0 Å². The van der Waals surface area contributed by atoms with E-state index < -0.39 is 0 Å². The van der Waals surface area contributed by atoms with Crippen LogP contribution in [-0.2, 0) is 0 Å². The molecule has 1 N–H and O–H groups in total. The number of nitrogens with one attached hydrogen (secondary N) is 1. The van der Waals surface area contributed by atoms with Gasteiger partial charge in [-0.2, -0.15) is 11.8 Å². The first-order chi connectivity index (χ1) is 6.24. The fourth-order valence-electron chi connectivity index (χ4n) is 2.11. The fourth-order valence-corrected chi connectivity index (χ4v) is 3.53. The van der Waals surface area contributed by atoms with Crippen LogP contribution in [0, 0.1) is 0 Å². The quantitative estimate of drug-likeness (QED) is 0.750. The van der Waals surface area contributed by atoms with Crippen LogP contribution in [0.1, 0.15) is 46.5 Å². The lowest BCUT2D eigenvalue weighted by Crippen LogP contribution is -2.40. The highest BCUT2D eigenvalue weighted by molar-refractivity contribution is 8.00. The van der Waals surface area contributed by atoms with Gasteiger partial charge in [0.1, 0.15) is 0 Å². The summed E-state index contributed by atoms with van der Waals surface area (Å²) in [6, 6.07) is 0.783. The Labute approximate surface area is 87.1 Å². The van der Waals surface area contributed by atoms with Gasteiger partial charge in [0, 0.05) is 11.3 Å². The molecule has 1 aliphatic carbocycles. The van der Waals surface area contributed by atoms with Crippen LogP contribution in [0.3, 0.4) is 0 Å². The van der Waals surface area contributed by atoms with Crippen LogP contribution in [-0.4, -0.2) is 23.1 Å². The average Bonchev–Trinajstić information content (AvgIpc) is 2.08. The summed E-state index contributed by atoms with van der Waals surface area (Å²) in [4.78, 5) is 0. The normalized spacial score (nSPS) is 29.5. The molecule has 0 radical (unpaired) electrons. The number of hydrogen-bond donors (Lipinski definition) is 1. The van der Waals surface area contributed by atoms with Crippen LogP contribution in [0.25, 0.3) is 0 Å². The third kappa shape index (κ3) is 3.90. The summed E-state index contributed by atoms with van der Waals surface area (Å²) in [6.07, 6.45) is 5.66. The second-order valence-corrected chi connectivity index (χ2v) is 5.99. The first-order valence-electron chi connectivity index (χ1n) is 5.63.